The molecule has 0 aliphatic carbocycles. The second-order valence-corrected chi connectivity index (χ2v) is 5.06. The molecule has 1 aromatic rings. The fourth-order valence-corrected chi connectivity index (χ4v) is 1.41. The average molecular weight is 259 g/mol. The van der Waals surface area contributed by atoms with Crippen molar-refractivity contribution >= 4 is 15.9 Å². The zero-order valence-electron chi connectivity index (χ0n) is 8.70. The zero-order valence-corrected chi connectivity index (χ0v) is 10.3. The Bertz CT molecular complexity index is 264. The molecule has 0 N–H and O–H groups in total. The predicted octanol–water partition coefficient (Wildman–Crippen LogP) is 2.59. The third-order valence-corrected chi connectivity index (χ3v) is 1.87. The second-order valence-electron chi connectivity index (χ2n) is 3.50. The lowest BCUT2D eigenvalue weighted by Gasteiger charge is -2.09. The number of halogens is 1. The maximum Gasteiger partial charge on any atom is 0.216 e. The summed E-state index contributed by atoms with van der Waals surface area (Å²) in [6, 6.07) is 1.89. The van der Waals surface area contributed by atoms with Crippen LogP contribution in [-0.2, 0) is 6.42 Å². The maximum absolute atomic E-state index is 5.47. The van der Waals surface area contributed by atoms with Crippen LogP contribution in [0.1, 0.15) is 26.5 Å². The van der Waals surface area contributed by atoms with E-state index in [1.165, 1.54) is 0 Å². The van der Waals surface area contributed by atoms with Crippen LogP contribution in [0.25, 0.3) is 0 Å². The highest BCUT2D eigenvalue weighted by Gasteiger charge is 2.04. The van der Waals surface area contributed by atoms with Gasteiger partial charge in [0.1, 0.15) is 6.33 Å². The van der Waals surface area contributed by atoms with E-state index in [-0.39, 0.29) is 6.10 Å². The van der Waals surface area contributed by atoms with Gasteiger partial charge in [0.25, 0.3) is 0 Å². The average Bonchev–Trinajstić information content (AvgIpc) is 2.01. The Hall–Kier alpha value is -0.640. The van der Waals surface area contributed by atoms with Crippen LogP contribution in [0.15, 0.2) is 12.4 Å². The monoisotopic (exact) mass is 258 g/mol. The molecule has 1 aromatic heterocycles. The topological polar surface area (TPSA) is 35.0 Å². The number of nitrogens with zero attached hydrogens (tertiary/aromatic N) is 2. The van der Waals surface area contributed by atoms with Crippen LogP contribution in [0.2, 0.25) is 0 Å². The first-order valence-electron chi connectivity index (χ1n) is 4.69. The second kappa shape index (κ2) is 5.29. The van der Waals surface area contributed by atoms with Crippen molar-refractivity contribution in [3.05, 3.63) is 18.1 Å². The number of ether oxygens (including phenoxy) is 1. The van der Waals surface area contributed by atoms with E-state index in [0.29, 0.717) is 10.7 Å². The molecule has 1 unspecified atom stereocenters. The Morgan fingerprint density at radius 3 is 2.64 bits per heavy atom. The van der Waals surface area contributed by atoms with E-state index >= 15 is 0 Å². The van der Waals surface area contributed by atoms with Crippen LogP contribution < -0.4 is 4.74 Å². The number of rotatable bonds is 4. The van der Waals surface area contributed by atoms with E-state index in [0.717, 1.165) is 12.1 Å². The molecule has 0 radical (unpaired) electrons. The number of alkyl halides is 1. The molecule has 0 spiro atoms. The van der Waals surface area contributed by atoms with Gasteiger partial charge in [-0.05, 0) is 13.8 Å². The number of aromatic nitrogens is 2. The Labute approximate surface area is 93.0 Å². The Morgan fingerprint density at radius 1 is 1.36 bits per heavy atom. The quantitative estimate of drug-likeness (QED) is 0.779. The number of hydrogen-bond acceptors (Lipinski definition) is 3. The largest absolute Gasteiger partial charge is 0.475 e. The van der Waals surface area contributed by atoms with Crippen molar-refractivity contribution in [1.29, 1.82) is 0 Å². The van der Waals surface area contributed by atoms with E-state index in [4.69, 9.17) is 4.74 Å². The summed E-state index contributed by atoms with van der Waals surface area (Å²) in [5.41, 5.74) is 1.00. The summed E-state index contributed by atoms with van der Waals surface area (Å²) >= 11 is 3.49. The minimum Gasteiger partial charge on any atom is -0.475 e. The van der Waals surface area contributed by atoms with Crippen LogP contribution in [0, 0.1) is 0 Å². The molecule has 1 rings (SSSR count). The van der Waals surface area contributed by atoms with E-state index in [1.807, 2.05) is 19.9 Å². The van der Waals surface area contributed by atoms with Gasteiger partial charge in [-0.15, -0.1) is 0 Å². The summed E-state index contributed by atoms with van der Waals surface area (Å²) in [6.45, 7) is 6.05. The molecule has 1 atom stereocenters. The Morgan fingerprint density at radius 2 is 2.07 bits per heavy atom. The summed E-state index contributed by atoms with van der Waals surface area (Å²) in [7, 11) is 0. The SMILES string of the molecule is CC(Br)Cc1cc(OC(C)C)ncn1. The van der Waals surface area contributed by atoms with Gasteiger partial charge in [0.05, 0.1) is 6.10 Å². The van der Waals surface area contributed by atoms with Gasteiger partial charge in [-0.3, -0.25) is 0 Å². The lowest BCUT2D eigenvalue weighted by Crippen LogP contribution is -2.08. The Kier molecular flexibility index (Phi) is 4.32. The maximum atomic E-state index is 5.47. The lowest BCUT2D eigenvalue weighted by atomic mass is 10.2. The van der Waals surface area contributed by atoms with Gasteiger partial charge in [-0.2, -0.15) is 0 Å². The summed E-state index contributed by atoms with van der Waals surface area (Å²) in [6.07, 6.45) is 2.58. The van der Waals surface area contributed by atoms with Gasteiger partial charge in [-0.25, -0.2) is 9.97 Å². The molecule has 1 heterocycles. The van der Waals surface area contributed by atoms with Crippen molar-refractivity contribution in [2.45, 2.75) is 38.1 Å². The predicted molar refractivity (Wildman–Crippen MR) is 59.9 cm³/mol. The van der Waals surface area contributed by atoms with Gasteiger partial charge < -0.3 is 4.74 Å². The molecular formula is C10H15BrN2O. The van der Waals surface area contributed by atoms with E-state index in [1.54, 1.807) is 6.33 Å². The van der Waals surface area contributed by atoms with Crippen LogP contribution in [0.3, 0.4) is 0 Å². The molecule has 0 fully saturated rings. The summed E-state index contributed by atoms with van der Waals surface area (Å²) in [5, 5.41) is 0. The van der Waals surface area contributed by atoms with Gasteiger partial charge in [0.2, 0.25) is 5.88 Å². The van der Waals surface area contributed by atoms with Crippen LogP contribution in [0.4, 0.5) is 0 Å². The van der Waals surface area contributed by atoms with Gasteiger partial charge in [0.15, 0.2) is 0 Å². The molecule has 0 aliphatic rings. The van der Waals surface area contributed by atoms with E-state index < -0.39 is 0 Å². The lowest BCUT2D eigenvalue weighted by molar-refractivity contribution is 0.232. The number of hydrogen-bond donors (Lipinski definition) is 0. The van der Waals surface area contributed by atoms with Gasteiger partial charge >= 0.3 is 0 Å². The van der Waals surface area contributed by atoms with Gasteiger partial charge in [-0.1, -0.05) is 22.9 Å². The Balaban J connectivity index is 2.68. The molecule has 3 nitrogen and oxygen atoms in total. The third kappa shape index (κ3) is 4.05. The molecular weight excluding hydrogens is 244 g/mol. The summed E-state index contributed by atoms with van der Waals surface area (Å²) in [5.74, 6) is 0.651. The van der Waals surface area contributed by atoms with E-state index in [9.17, 15) is 0 Å². The molecule has 0 aliphatic heterocycles. The molecule has 0 aromatic carbocycles. The van der Waals surface area contributed by atoms with Crippen molar-refractivity contribution in [2.75, 3.05) is 0 Å². The zero-order chi connectivity index (χ0) is 10.6. The molecule has 0 saturated carbocycles. The van der Waals surface area contributed by atoms with Crippen molar-refractivity contribution < 1.29 is 4.74 Å². The van der Waals surface area contributed by atoms with Crippen molar-refractivity contribution in [3.63, 3.8) is 0 Å². The van der Waals surface area contributed by atoms with Crippen molar-refractivity contribution in [1.82, 2.24) is 9.97 Å². The first-order valence-corrected chi connectivity index (χ1v) is 5.61. The van der Waals surface area contributed by atoms with Crippen LogP contribution in [-0.4, -0.2) is 20.9 Å². The normalized spacial score (nSPS) is 12.9. The highest BCUT2D eigenvalue weighted by Crippen LogP contribution is 2.12. The van der Waals surface area contributed by atoms with Crippen LogP contribution in [0.5, 0.6) is 5.88 Å². The molecule has 14 heavy (non-hydrogen) atoms. The fraction of sp³-hybridized carbons (Fsp3) is 0.600. The summed E-state index contributed by atoms with van der Waals surface area (Å²) in [4.78, 5) is 8.62. The molecule has 0 saturated heterocycles. The molecule has 78 valence electrons. The van der Waals surface area contributed by atoms with Crippen molar-refractivity contribution in [3.8, 4) is 5.88 Å². The standard InChI is InChI=1S/C10H15BrN2O/c1-7(2)14-10-5-9(4-8(3)11)12-6-13-10/h5-8H,4H2,1-3H3. The minimum atomic E-state index is 0.152. The first kappa shape index (κ1) is 11.4. The molecule has 4 heteroatoms. The van der Waals surface area contributed by atoms with E-state index in [2.05, 4.69) is 32.8 Å². The van der Waals surface area contributed by atoms with Gasteiger partial charge in [0, 0.05) is 23.0 Å². The highest BCUT2D eigenvalue weighted by atomic mass is 79.9. The third-order valence-electron chi connectivity index (χ3n) is 1.55. The van der Waals surface area contributed by atoms with Crippen molar-refractivity contribution in [2.24, 2.45) is 0 Å². The highest BCUT2D eigenvalue weighted by molar-refractivity contribution is 9.09. The molecule has 0 amide bonds. The molecule has 0 bridgehead atoms. The minimum absolute atomic E-state index is 0.152. The van der Waals surface area contributed by atoms with Crippen LogP contribution >= 0.6 is 15.9 Å². The fourth-order valence-electron chi connectivity index (χ4n) is 1.08. The smallest absolute Gasteiger partial charge is 0.216 e. The summed E-state index contributed by atoms with van der Waals surface area (Å²) < 4.78 is 5.47. The first-order chi connectivity index (χ1) is 6.58.